The second-order valence-corrected chi connectivity index (χ2v) is 5.69. The Hall–Kier alpha value is -1.69. The highest BCUT2D eigenvalue weighted by molar-refractivity contribution is 5.60. The molecule has 3 heteroatoms. The molecule has 0 bridgehead atoms. The summed E-state index contributed by atoms with van der Waals surface area (Å²) in [5.41, 5.74) is 1.18. The molecule has 0 aromatic heterocycles. The first-order chi connectivity index (χ1) is 9.08. The van der Waals surface area contributed by atoms with Crippen molar-refractivity contribution in [1.82, 2.24) is 0 Å². The number of para-hydroxylation sites is 2. The van der Waals surface area contributed by atoms with Crippen LogP contribution >= 0.6 is 0 Å². The Labute approximate surface area is 115 Å². The van der Waals surface area contributed by atoms with Crippen molar-refractivity contribution in [2.45, 2.75) is 39.2 Å². The minimum Gasteiger partial charge on any atom is -0.492 e. The van der Waals surface area contributed by atoms with Gasteiger partial charge in [-0.15, -0.1) is 0 Å². The van der Waals surface area contributed by atoms with Crippen molar-refractivity contribution in [2.24, 2.45) is 5.92 Å². The van der Waals surface area contributed by atoms with Crippen LogP contribution in [0, 0.1) is 17.2 Å². The maximum atomic E-state index is 9.19. The van der Waals surface area contributed by atoms with Gasteiger partial charge >= 0.3 is 0 Å². The Morgan fingerprint density at radius 3 is 2.84 bits per heavy atom. The second kappa shape index (κ2) is 5.52. The molecule has 1 heterocycles. The molecule has 19 heavy (non-hydrogen) atoms. The summed E-state index contributed by atoms with van der Waals surface area (Å²) in [5, 5.41) is 9.19. The van der Waals surface area contributed by atoms with Crippen LogP contribution in [0.5, 0.6) is 5.75 Å². The molecule has 1 aromatic rings. The SMILES string of the molecule is CCOc1ccccc1N1CC(C#N)CCC1(C)C. The lowest BCUT2D eigenvalue weighted by molar-refractivity contribution is 0.310. The van der Waals surface area contributed by atoms with E-state index in [2.05, 4.69) is 30.9 Å². The minimum absolute atomic E-state index is 0.0700. The van der Waals surface area contributed by atoms with E-state index in [0.29, 0.717) is 6.61 Å². The second-order valence-electron chi connectivity index (χ2n) is 5.69. The van der Waals surface area contributed by atoms with E-state index in [1.165, 1.54) is 0 Å². The fourth-order valence-corrected chi connectivity index (χ4v) is 2.71. The van der Waals surface area contributed by atoms with Gasteiger partial charge in [-0.25, -0.2) is 0 Å². The highest BCUT2D eigenvalue weighted by Gasteiger charge is 2.35. The van der Waals surface area contributed by atoms with E-state index in [9.17, 15) is 5.26 Å². The van der Waals surface area contributed by atoms with E-state index in [1.807, 2.05) is 25.1 Å². The highest BCUT2D eigenvalue weighted by Crippen LogP contribution is 2.39. The molecule has 1 aliphatic rings. The number of nitriles is 1. The van der Waals surface area contributed by atoms with Crippen LogP contribution in [-0.4, -0.2) is 18.7 Å². The largest absolute Gasteiger partial charge is 0.492 e. The number of hydrogen-bond donors (Lipinski definition) is 0. The first-order valence-corrected chi connectivity index (χ1v) is 6.97. The van der Waals surface area contributed by atoms with Crippen molar-refractivity contribution in [3.63, 3.8) is 0 Å². The standard InChI is InChI=1S/C16H22N2O/c1-4-19-15-8-6-5-7-14(15)18-12-13(11-17)9-10-16(18,2)3/h5-8,13H,4,9-10,12H2,1-3H3. The number of rotatable bonds is 3. The molecule has 1 unspecified atom stereocenters. The van der Waals surface area contributed by atoms with Crippen LogP contribution in [0.3, 0.4) is 0 Å². The molecule has 3 nitrogen and oxygen atoms in total. The molecule has 0 saturated carbocycles. The van der Waals surface area contributed by atoms with Crippen LogP contribution in [0.15, 0.2) is 24.3 Å². The summed E-state index contributed by atoms with van der Waals surface area (Å²) in [5.74, 6) is 1.03. The molecule has 0 radical (unpaired) electrons. The number of ether oxygens (including phenoxy) is 1. The smallest absolute Gasteiger partial charge is 0.142 e. The zero-order chi connectivity index (χ0) is 13.9. The van der Waals surface area contributed by atoms with Gasteiger partial charge in [-0.1, -0.05) is 12.1 Å². The van der Waals surface area contributed by atoms with Crippen molar-refractivity contribution in [3.05, 3.63) is 24.3 Å². The molecule has 1 atom stereocenters. The zero-order valence-electron chi connectivity index (χ0n) is 12.0. The number of nitrogens with zero attached hydrogens (tertiary/aromatic N) is 2. The Balaban J connectivity index is 2.35. The van der Waals surface area contributed by atoms with E-state index < -0.39 is 0 Å². The maximum absolute atomic E-state index is 9.19. The summed E-state index contributed by atoms with van der Waals surface area (Å²) in [6.45, 7) is 7.92. The average molecular weight is 258 g/mol. The van der Waals surface area contributed by atoms with Crippen LogP contribution in [0.4, 0.5) is 5.69 Å². The lowest BCUT2D eigenvalue weighted by Gasteiger charge is -2.46. The van der Waals surface area contributed by atoms with E-state index >= 15 is 0 Å². The zero-order valence-corrected chi connectivity index (χ0v) is 12.0. The first-order valence-electron chi connectivity index (χ1n) is 6.97. The van der Waals surface area contributed by atoms with Crippen molar-refractivity contribution >= 4 is 5.69 Å². The van der Waals surface area contributed by atoms with Gasteiger partial charge in [0.15, 0.2) is 0 Å². The van der Waals surface area contributed by atoms with Crippen molar-refractivity contribution in [1.29, 1.82) is 5.26 Å². The van der Waals surface area contributed by atoms with Crippen LogP contribution in [0.2, 0.25) is 0 Å². The molecule has 1 saturated heterocycles. The maximum Gasteiger partial charge on any atom is 0.142 e. The molecule has 1 fully saturated rings. The predicted molar refractivity (Wildman–Crippen MR) is 77.4 cm³/mol. The molecule has 102 valence electrons. The summed E-state index contributed by atoms with van der Waals surface area (Å²) in [6.07, 6.45) is 2.02. The molecule has 2 rings (SSSR count). The molecule has 0 spiro atoms. The fourth-order valence-electron chi connectivity index (χ4n) is 2.71. The van der Waals surface area contributed by atoms with Crippen molar-refractivity contribution in [2.75, 3.05) is 18.1 Å². The average Bonchev–Trinajstić information content (AvgIpc) is 2.40. The van der Waals surface area contributed by atoms with Gasteiger partial charge in [0, 0.05) is 12.1 Å². The Bertz CT molecular complexity index is 476. The summed E-state index contributed by atoms with van der Waals surface area (Å²) >= 11 is 0. The minimum atomic E-state index is 0.0700. The van der Waals surface area contributed by atoms with Crippen molar-refractivity contribution < 1.29 is 4.74 Å². The Morgan fingerprint density at radius 1 is 1.42 bits per heavy atom. The number of hydrogen-bond acceptors (Lipinski definition) is 3. The van der Waals surface area contributed by atoms with Gasteiger partial charge in [-0.05, 0) is 45.7 Å². The lowest BCUT2D eigenvalue weighted by atomic mass is 9.85. The summed E-state index contributed by atoms with van der Waals surface area (Å²) in [6, 6.07) is 10.5. The predicted octanol–water partition coefficient (Wildman–Crippen LogP) is 3.60. The van der Waals surface area contributed by atoms with Crippen LogP contribution in [0.25, 0.3) is 0 Å². The van der Waals surface area contributed by atoms with Gasteiger partial charge in [-0.2, -0.15) is 5.26 Å². The Morgan fingerprint density at radius 2 is 2.16 bits per heavy atom. The number of piperidine rings is 1. The van der Waals surface area contributed by atoms with Crippen LogP contribution in [0.1, 0.15) is 33.6 Å². The van der Waals surface area contributed by atoms with Gasteiger partial charge in [0.1, 0.15) is 5.75 Å². The lowest BCUT2D eigenvalue weighted by Crippen LogP contribution is -2.50. The van der Waals surface area contributed by atoms with Gasteiger partial charge < -0.3 is 9.64 Å². The van der Waals surface area contributed by atoms with E-state index in [-0.39, 0.29) is 11.5 Å². The van der Waals surface area contributed by atoms with Crippen LogP contribution in [-0.2, 0) is 0 Å². The van der Waals surface area contributed by atoms with Gasteiger partial charge in [0.05, 0.1) is 24.3 Å². The summed E-state index contributed by atoms with van der Waals surface area (Å²) < 4.78 is 5.73. The third-order valence-corrected chi connectivity index (χ3v) is 3.88. The van der Waals surface area contributed by atoms with E-state index in [1.54, 1.807) is 0 Å². The number of benzene rings is 1. The highest BCUT2D eigenvalue weighted by atomic mass is 16.5. The molecule has 0 aliphatic carbocycles. The topological polar surface area (TPSA) is 36.3 Å². The van der Waals surface area contributed by atoms with Gasteiger partial charge in [-0.3, -0.25) is 0 Å². The van der Waals surface area contributed by atoms with E-state index in [4.69, 9.17) is 4.74 Å². The third-order valence-electron chi connectivity index (χ3n) is 3.88. The van der Waals surface area contributed by atoms with E-state index in [0.717, 1.165) is 30.8 Å². The molecule has 1 aromatic carbocycles. The monoisotopic (exact) mass is 258 g/mol. The Kier molecular flexibility index (Phi) is 3.99. The molecule has 0 amide bonds. The van der Waals surface area contributed by atoms with Crippen LogP contribution < -0.4 is 9.64 Å². The van der Waals surface area contributed by atoms with Gasteiger partial charge in [0.2, 0.25) is 0 Å². The third kappa shape index (κ3) is 2.84. The normalized spacial score (nSPS) is 21.8. The summed E-state index contributed by atoms with van der Waals surface area (Å²) in [4.78, 5) is 2.33. The first kappa shape index (κ1) is 13.7. The molecule has 1 aliphatic heterocycles. The van der Waals surface area contributed by atoms with Crippen molar-refractivity contribution in [3.8, 4) is 11.8 Å². The molecule has 0 N–H and O–H groups in total. The number of anilines is 1. The fraction of sp³-hybridized carbons (Fsp3) is 0.562. The quantitative estimate of drug-likeness (QED) is 0.831. The summed E-state index contributed by atoms with van der Waals surface area (Å²) in [7, 11) is 0. The molecular weight excluding hydrogens is 236 g/mol. The van der Waals surface area contributed by atoms with Gasteiger partial charge in [0.25, 0.3) is 0 Å². The molecular formula is C16H22N2O.